The number of imidazole rings is 1. The highest BCUT2D eigenvalue weighted by atomic mass is 32.1. The number of fused-ring (bicyclic) bond motifs is 1. The van der Waals surface area contributed by atoms with Gasteiger partial charge < -0.3 is 15.2 Å². The zero-order valence-corrected chi connectivity index (χ0v) is 26.4. The van der Waals surface area contributed by atoms with Crippen LogP contribution in [0.15, 0.2) is 89.6 Å². The summed E-state index contributed by atoms with van der Waals surface area (Å²) in [5.41, 5.74) is 11.5. The molecule has 2 aliphatic carbocycles. The first-order valence-electron chi connectivity index (χ1n) is 14.8. The van der Waals surface area contributed by atoms with Crippen LogP contribution in [0.3, 0.4) is 0 Å². The molecule has 2 atom stereocenters. The molecule has 1 heterocycles. The Kier molecular flexibility index (Phi) is 12.8. The van der Waals surface area contributed by atoms with Crippen LogP contribution in [0, 0.1) is 5.82 Å². The number of anilines is 1. The topological polar surface area (TPSA) is 64.2 Å². The Hall–Kier alpha value is -3.42. The molecule has 0 radical (unpaired) electrons. The lowest BCUT2D eigenvalue weighted by Gasteiger charge is -2.28. The Morgan fingerprint density at radius 3 is 2.71 bits per heavy atom. The van der Waals surface area contributed by atoms with Crippen LogP contribution in [0.4, 0.5) is 10.1 Å². The Balaban J connectivity index is 0.000000373. The van der Waals surface area contributed by atoms with E-state index in [1.54, 1.807) is 29.3 Å². The zero-order valence-electron chi connectivity index (χ0n) is 25.6. The van der Waals surface area contributed by atoms with E-state index >= 15 is 0 Å². The van der Waals surface area contributed by atoms with Gasteiger partial charge in [0.25, 0.3) is 0 Å². The molecule has 0 bridgehead atoms. The minimum atomic E-state index is -0.279. The van der Waals surface area contributed by atoms with Crippen molar-refractivity contribution in [3.05, 3.63) is 118 Å². The number of nitrogens with two attached hydrogens (primary N) is 1. The van der Waals surface area contributed by atoms with E-state index in [2.05, 4.69) is 42.8 Å². The molecule has 2 unspecified atom stereocenters. The van der Waals surface area contributed by atoms with E-state index in [1.165, 1.54) is 17.2 Å². The van der Waals surface area contributed by atoms with Crippen LogP contribution >= 0.6 is 12.6 Å². The maximum Gasteiger partial charge on any atom is 0.228 e. The van der Waals surface area contributed by atoms with Crippen molar-refractivity contribution < 1.29 is 9.18 Å². The van der Waals surface area contributed by atoms with E-state index in [0.717, 1.165) is 47.7 Å². The number of hydrogen-bond acceptors (Lipinski definition) is 4. The van der Waals surface area contributed by atoms with Crippen LogP contribution in [0.5, 0.6) is 0 Å². The Morgan fingerprint density at radius 2 is 2.00 bits per heavy atom. The highest BCUT2D eigenvalue weighted by Crippen LogP contribution is 2.33. The molecular formula is C35H45FN4OS. The number of nitrogens with zero attached hydrogens (tertiary/aromatic N) is 3. The van der Waals surface area contributed by atoms with Crippen molar-refractivity contribution >= 4 is 24.2 Å². The molecule has 42 heavy (non-hydrogen) atoms. The Labute approximate surface area is 256 Å². The molecule has 7 heteroatoms. The summed E-state index contributed by atoms with van der Waals surface area (Å²) in [4.78, 5) is 20.7. The first-order valence-corrected chi connectivity index (χ1v) is 15.3. The maximum absolute atomic E-state index is 14.3. The lowest BCUT2D eigenvalue weighted by Crippen LogP contribution is -2.33. The zero-order chi connectivity index (χ0) is 30.6. The van der Waals surface area contributed by atoms with Gasteiger partial charge >= 0.3 is 0 Å². The molecule has 2 N–H and O–H groups in total. The second-order valence-electron chi connectivity index (χ2n) is 10.7. The number of thiol groups is 1. The second-order valence-corrected chi connectivity index (χ2v) is 11.2. The van der Waals surface area contributed by atoms with Crippen LogP contribution in [0.1, 0.15) is 87.9 Å². The first kappa shape index (κ1) is 33.1. The van der Waals surface area contributed by atoms with Gasteiger partial charge in [0, 0.05) is 42.5 Å². The molecule has 0 fully saturated rings. The Bertz CT molecular complexity index is 1420. The summed E-state index contributed by atoms with van der Waals surface area (Å²) in [5.74, 6) is 0.202. The van der Waals surface area contributed by atoms with Crippen LogP contribution in [-0.2, 0) is 24.8 Å². The van der Waals surface area contributed by atoms with Crippen molar-refractivity contribution in [1.82, 2.24) is 9.55 Å². The normalized spacial score (nSPS) is 16.3. The summed E-state index contributed by atoms with van der Waals surface area (Å²) in [5, 5.41) is 0. The molecule has 2 aliphatic rings. The van der Waals surface area contributed by atoms with Crippen LogP contribution in [0.25, 0.3) is 0 Å². The molecule has 5 nitrogen and oxygen atoms in total. The largest absolute Gasteiger partial charge is 0.337 e. The number of rotatable bonds is 6. The minimum Gasteiger partial charge on any atom is -0.337 e. The van der Waals surface area contributed by atoms with Gasteiger partial charge in [0.15, 0.2) is 0 Å². The van der Waals surface area contributed by atoms with E-state index < -0.39 is 0 Å². The molecule has 1 aromatic heterocycles. The molecule has 0 aliphatic heterocycles. The van der Waals surface area contributed by atoms with Gasteiger partial charge in [-0.1, -0.05) is 62.8 Å². The molecular weight excluding hydrogens is 543 g/mol. The van der Waals surface area contributed by atoms with Crippen molar-refractivity contribution in [2.24, 2.45) is 12.8 Å². The first-order chi connectivity index (χ1) is 20.2. The van der Waals surface area contributed by atoms with Crippen molar-refractivity contribution in [2.75, 3.05) is 4.90 Å². The summed E-state index contributed by atoms with van der Waals surface area (Å²) in [6.07, 6.45) is 16.2. The SMILES string of the molecule is CC.CC(CC(=O)N(Cc1nccn1C)c1ccc2c(c1)C(N)CCC2)c1ccccc1F.CC1=CC(S)=CC=CC1. The number of halogens is 1. The van der Waals surface area contributed by atoms with Gasteiger partial charge in [-0.25, -0.2) is 9.37 Å². The third-order valence-electron chi connectivity index (χ3n) is 7.48. The van der Waals surface area contributed by atoms with Crippen LogP contribution in [-0.4, -0.2) is 15.5 Å². The summed E-state index contributed by atoms with van der Waals surface area (Å²) in [6, 6.07) is 12.8. The average molecular weight is 589 g/mol. The lowest BCUT2D eigenvalue weighted by atomic mass is 9.87. The molecule has 224 valence electrons. The maximum atomic E-state index is 14.3. The number of aryl methyl sites for hydroxylation is 2. The fraction of sp³-hybridized carbons (Fsp3) is 0.371. The number of carbonyl (C=O) groups excluding carboxylic acids is 1. The number of aromatic nitrogens is 2. The highest BCUT2D eigenvalue weighted by Gasteiger charge is 2.24. The minimum absolute atomic E-state index is 0.00819. The van der Waals surface area contributed by atoms with Gasteiger partial charge in [-0.05, 0) is 85.6 Å². The van der Waals surface area contributed by atoms with E-state index in [0.29, 0.717) is 12.1 Å². The van der Waals surface area contributed by atoms with E-state index in [4.69, 9.17) is 5.73 Å². The van der Waals surface area contributed by atoms with Crippen molar-refractivity contribution in [3.8, 4) is 0 Å². The third kappa shape index (κ3) is 9.04. The fourth-order valence-corrected chi connectivity index (χ4v) is 5.45. The van der Waals surface area contributed by atoms with Crippen molar-refractivity contribution in [3.63, 3.8) is 0 Å². The number of carbonyl (C=O) groups is 1. The summed E-state index contributed by atoms with van der Waals surface area (Å²) < 4.78 is 16.2. The highest BCUT2D eigenvalue weighted by molar-refractivity contribution is 7.84. The lowest BCUT2D eigenvalue weighted by molar-refractivity contribution is -0.119. The number of allylic oxidation sites excluding steroid dienone is 5. The monoisotopic (exact) mass is 588 g/mol. The predicted molar refractivity (Wildman–Crippen MR) is 176 cm³/mol. The van der Waals surface area contributed by atoms with Crippen molar-refractivity contribution in [2.45, 2.75) is 78.3 Å². The number of hydrogen-bond donors (Lipinski definition) is 2. The number of benzene rings is 2. The molecule has 5 rings (SSSR count). The van der Waals surface area contributed by atoms with Crippen LogP contribution in [0.2, 0.25) is 0 Å². The third-order valence-corrected chi connectivity index (χ3v) is 7.76. The standard InChI is InChI=1S/C25H29FN4O.C8H10S.C2H6/c1-17(20-7-3-4-8-22(20)26)14-25(31)30(16-24-28-12-13-29(24)2)19-11-10-18-6-5-9-23(27)21(18)15-19;1-7-4-2-3-5-8(9)6-7;1-2/h3-4,7-8,10-13,15,17,23H,5-6,9,14,16,27H2,1-2H3;2-3,5-6,9H,4H2,1H3;1-2H3. The van der Waals surface area contributed by atoms with Crippen molar-refractivity contribution in [1.29, 1.82) is 0 Å². The van der Waals surface area contributed by atoms with Crippen LogP contribution < -0.4 is 10.6 Å². The molecule has 0 saturated carbocycles. The molecule has 1 amide bonds. The van der Waals surface area contributed by atoms with E-state index in [9.17, 15) is 9.18 Å². The van der Waals surface area contributed by atoms with Gasteiger partial charge in [0.1, 0.15) is 11.6 Å². The molecule has 0 spiro atoms. The van der Waals surface area contributed by atoms with Gasteiger partial charge in [0.05, 0.1) is 6.54 Å². The summed E-state index contributed by atoms with van der Waals surface area (Å²) in [6.45, 7) is 8.35. The second kappa shape index (κ2) is 16.3. The van der Waals surface area contributed by atoms with Gasteiger partial charge in [-0.3, -0.25) is 4.79 Å². The fourth-order valence-electron chi connectivity index (χ4n) is 5.14. The molecule has 2 aromatic carbocycles. The van der Waals surface area contributed by atoms with Gasteiger partial charge in [-0.2, -0.15) is 0 Å². The van der Waals surface area contributed by atoms with E-state index in [1.807, 2.05) is 62.9 Å². The quantitative estimate of drug-likeness (QED) is 0.285. The van der Waals surface area contributed by atoms with Gasteiger partial charge in [0.2, 0.25) is 5.91 Å². The Morgan fingerprint density at radius 1 is 1.24 bits per heavy atom. The predicted octanol–water partition coefficient (Wildman–Crippen LogP) is 8.35. The van der Waals surface area contributed by atoms with E-state index in [-0.39, 0.29) is 30.1 Å². The smallest absolute Gasteiger partial charge is 0.228 e. The number of amides is 1. The van der Waals surface area contributed by atoms with Gasteiger partial charge in [-0.15, -0.1) is 12.6 Å². The average Bonchev–Trinajstić information content (AvgIpc) is 3.29. The summed E-state index contributed by atoms with van der Waals surface area (Å²) in [7, 11) is 1.91. The summed E-state index contributed by atoms with van der Waals surface area (Å²) >= 11 is 4.22. The molecule has 3 aromatic rings. The molecule has 0 saturated heterocycles.